The Bertz CT molecular complexity index is 452. The second-order valence-corrected chi connectivity index (χ2v) is 4.96. The number of nitrogens with one attached hydrogen (secondary N) is 1. The van der Waals surface area contributed by atoms with Gasteiger partial charge in [0.15, 0.2) is 4.67 Å². The maximum absolute atomic E-state index is 5.44. The average Bonchev–Trinajstić information content (AvgIpc) is 2.74. The summed E-state index contributed by atoms with van der Waals surface area (Å²) in [6.07, 6.45) is 1.03. The predicted molar refractivity (Wildman–Crippen MR) is 72.9 cm³/mol. The molecule has 1 aromatic carbocycles. The Hall–Kier alpha value is -1.06. The smallest absolute Gasteiger partial charge is 0.169 e. The van der Waals surface area contributed by atoms with Gasteiger partial charge in [-0.3, -0.25) is 0 Å². The molecule has 1 N–H and O–H groups in total. The van der Waals surface area contributed by atoms with Crippen molar-refractivity contribution in [1.29, 1.82) is 0 Å². The van der Waals surface area contributed by atoms with E-state index in [4.69, 9.17) is 4.42 Å². The summed E-state index contributed by atoms with van der Waals surface area (Å²) in [6.45, 7) is 2.95. The molecule has 0 saturated heterocycles. The maximum Gasteiger partial charge on any atom is 0.169 e. The molecule has 90 valence electrons. The first-order chi connectivity index (χ1) is 8.24. The van der Waals surface area contributed by atoms with E-state index in [9.17, 15) is 0 Å². The minimum Gasteiger partial charge on any atom is -0.453 e. The lowest BCUT2D eigenvalue weighted by atomic mass is 10.1. The lowest BCUT2D eigenvalue weighted by Gasteiger charge is -2.12. The zero-order valence-corrected chi connectivity index (χ0v) is 11.4. The molecule has 0 saturated carbocycles. The molecule has 2 nitrogen and oxygen atoms in total. The van der Waals surface area contributed by atoms with E-state index in [0.717, 1.165) is 23.4 Å². The molecular formula is C14H16BrNO. The van der Waals surface area contributed by atoms with Gasteiger partial charge in [-0.15, -0.1) is 0 Å². The molecule has 1 heterocycles. The first-order valence-corrected chi connectivity index (χ1v) is 6.55. The van der Waals surface area contributed by atoms with Crippen molar-refractivity contribution in [3.05, 3.63) is 58.5 Å². The van der Waals surface area contributed by atoms with Crippen molar-refractivity contribution in [3.63, 3.8) is 0 Å². The van der Waals surface area contributed by atoms with Crippen LogP contribution in [0, 0.1) is 0 Å². The zero-order chi connectivity index (χ0) is 12.1. The highest BCUT2D eigenvalue weighted by atomic mass is 79.9. The van der Waals surface area contributed by atoms with E-state index >= 15 is 0 Å². The Labute approximate surface area is 110 Å². The second kappa shape index (κ2) is 6.03. The van der Waals surface area contributed by atoms with E-state index in [1.807, 2.05) is 18.2 Å². The first-order valence-electron chi connectivity index (χ1n) is 5.75. The summed E-state index contributed by atoms with van der Waals surface area (Å²) in [5, 5.41) is 3.45. The van der Waals surface area contributed by atoms with Crippen molar-refractivity contribution in [2.45, 2.75) is 25.9 Å². The van der Waals surface area contributed by atoms with Crippen LogP contribution in [0.1, 0.15) is 18.2 Å². The Morgan fingerprint density at radius 2 is 1.94 bits per heavy atom. The number of rotatable bonds is 5. The highest BCUT2D eigenvalue weighted by Gasteiger charge is 2.04. The van der Waals surface area contributed by atoms with E-state index in [-0.39, 0.29) is 0 Å². The Kier molecular flexibility index (Phi) is 4.40. The lowest BCUT2D eigenvalue weighted by Crippen LogP contribution is -2.27. The molecule has 0 fully saturated rings. The van der Waals surface area contributed by atoms with Crippen molar-refractivity contribution < 1.29 is 4.42 Å². The lowest BCUT2D eigenvalue weighted by molar-refractivity contribution is 0.441. The molecule has 17 heavy (non-hydrogen) atoms. The summed E-state index contributed by atoms with van der Waals surface area (Å²) in [4.78, 5) is 0. The van der Waals surface area contributed by atoms with Gasteiger partial charge in [-0.25, -0.2) is 0 Å². The van der Waals surface area contributed by atoms with Crippen LogP contribution in [0.5, 0.6) is 0 Å². The van der Waals surface area contributed by atoms with Gasteiger partial charge < -0.3 is 9.73 Å². The fraction of sp³-hybridized carbons (Fsp3) is 0.286. The Morgan fingerprint density at radius 3 is 2.59 bits per heavy atom. The standard InChI is InChI=1S/C14H16BrNO/c1-11(9-12-5-3-2-4-6-12)16-10-13-7-8-14(15)17-13/h2-8,11,16H,9-10H2,1H3. The van der Waals surface area contributed by atoms with Crippen molar-refractivity contribution in [1.82, 2.24) is 5.32 Å². The highest BCUT2D eigenvalue weighted by molar-refractivity contribution is 9.10. The molecule has 1 unspecified atom stereocenters. The average molecular weight is 294 g/mol. The van der Waals surface area contributed by atoms with Gasteiger partial charge in [0.05, 0.1) is 6.54 Å². The maximum atomic E-state index is 5.44. The molecule has 0 aliphatic carbocycles. The summed E-state index contributed by atoms with van der Waals surface area (Å²) >= 11 is 3.30. The summed E-state index contributed by atoms with van der Waals surface area (Å²) < 4.78 is 6.22. The number of halogens is 1. The molecule has 0 amide bonds. The zero-order valence-electron chi connectivity index (χ0n) is 9.82. The Morgan fingerprint density at radius 1 is 1.18 bits per heavy atom. The van der Waals surface area contributed by atoms with E-state index < -0.39 is 0 Å². The molecule has 0 bridgehead atoms. The van der Waals surface area contributed by atoms with Crippen LogP contribution in [-0.4, -0.2) is 6.04 Å². The third-order valence-electron chi connectivity index (χ3n) is 2.64. The van der Waals surface area contributed by atoms with Gasteiger partial charge >= 0.3 is 0 Å². The topological polar surface area (TPSA) is 25.2 Å². The number of furan rings is 1. The Balaban J connectivity index is 1.80. The van der Waals surface area contributed by atoms with E-state index in [0.29, 0.717) is 6.04 Å². The van der Waals surface area contributed by atoms with Crippen LogP contribution in [0.15, 0.2) is 51.6 Å². The fourth-order valence-electron chi connectivity index (χ4n) is 1.76. The fourth-order valence-corrected chi connectivity index (χ4v) is 2.10. The number of hydrogen-bond donors (Lipinski definition) is 1. The third kappa shape index (κ3) is 4.02. The van der Waals surface area contributed by atoms with Crippen molar-refractivity contribution in [2.24, 2.45) is 0 Å². The molecular weight excluding hydrogens is 278 g/mol. The van der Waals surface area contributed by atoms with Crippen LogP contribution in [-0.2, 0) is 13.0 Å². The van der Waals surface area contributed by atoms with Crippen molar-refractivity contribution in [2.75, 3.05) is 0 Å². The van der Waals surface area contributed by atoms with E-state index in [1.54, 1.807) is 0 Å². The highest BCUT2D eigenvalue weighted by Crippen LogP contribution is 2.14. The molecule has 0 aliphatic rings. The number of benzene rings is 1. The van der Waals surface area contributed by atoms with Crippen LogP contribution < -0.4 is 5.32 Å². The van der Waals surface area contributed by atoms with Crippen molar-refractivity contribution in [3.8, 4) is 0 Å². The van der Waals surface area contributed by atoms with Crippen LogP contribution in [0.3, 0.4) is 0 Å². The van der Waals surface area contributed by atoms with Gasteiger partial charge in [0.2, 0.25) is 0 Å². The van der Waals surface area contributed by atoms with Crippen LogP contribution in [0.4, 0.5) is 0 Å². The largest absolute Gasteiger partial charge is 0.453 e. The summed E-state index contributed by atoms with van der Waals surface area (Å²) in [6, 6.07) is 14.8. The summed E-state index contributed by atoms with van der Waals surface area (Å²) in [5.74, 6) is 0.955. The van der Waals surface area contributed by atoms with Gasteiger partial charge in [0.1, 0.15) is 5.76 Å². The van der Waals surface area contributed by atoms with Gasteiger partial charge in [0.25, 0.3) is 0 Å². The monoisotopic (exact) mass is 293 g/mol. The molecule has 1 aromatic heterocycles. The molecule has 1 atom stereocenters. The SMILES string of the molecule is CC(Cc1ccccc1)NCc1ccc(Br)o1. The normalized spacial score (nSPS) is 12.6. The molecule has 2 rings (SSSR count). The third-order valence-corrected chi connectivity index (χ3v) is 3.06. The minimum absolute atomic E-state index is 0.432. The molecule has 2 aromatic rings. The van der Waals surface area contributed by atoms with Crippen LogP contribution in [0.25, 0.3) is 0 Å². The van der Waals surface area contributed by atoms with Gasteiger partial charge in [-0.05, 0) is 47.0 Å². The molecule has 0 aliphatic heterocycles. The molecule has 3 heteroatoms. The van der Waals surface area contributed by atoms with E-state index in [2.05, 4.69) is 52.4 Å². The number of hydrogen-bond acceptors (Lipinski definition) is 2. The summed E-state index contributed by atoms with van der Waals surface area (Å²) in [5.41, 5.74) is 1.35. The second-order valence-electron chi connectivity index (χ2n) is 4.18. The van der Waals surface area contributed by atoms with E-state index in [1.165, 1.54) is 5.56 Å². The molecule has 0 spiro atoms. The van der Waals surface area contributed by atoms with Gasteiger partial charge in [-0.2, -0.15) is 0 Å². The van der Waals surface area contributed by atoms with Crippen LogP contribution >= 0.6 is 15.9 Å². The molecule has 0 radical (unpaired) electrons. The van der Waals surface area contributed by atoms with Gasteiger partial charge in [-0.1, -0.05) is 30.3 Å². The van der Waals surface area contributed by atoms with Crippen molar-refractivity contribution >= 4 is 15.9 Å². The predicted octanol–water partition coefficient (Wildman–Crippen LogP) is 3.76. The van der Waals surface area contributed by atoms with Gasteiger partial charge in [0, 0.05) is 6.04 Å². The summed E-state index contributed by atoms with van der Waals surface area (Å²) in [7, 11) is 0. The van der Waals surface area contributed by atoms with Crippen LogP contribution in [0.2, 0.25) is 0 Å². The minimum atomic E-state index is 0.432. The first kappa shape index (κ1) is 12.4. The quantitative estimate of drug-likeness (QED) is 0.908.